The summed E-state index contributed by atoms with van der Waals surface area (Å²) in [4.78, 5) is 20.7. The highest BCUT2D eigenvalue weighted by molar-refractivity contribution is 9.10. The predicted octanol–water partition coefficient (Wildman–Crippen LogP) is 4.06. The minimum atomic E-state index is -0.00294. The van der Waals surface area contributed by atoms with Gasteiger partial charge in [0, 0.05) is 29.4 Å². The first-order chi connectivity index (χ1) is 11.6. The van der Waals surface area contributed by atoms with Crippen molar-refractivity contribution in [3.05, 3.63) is 41.1 Å². The van der Waals surface area contributed by atoms with Gasteiger partial charge in [-0.2, -0.15) is 0 Å². The van der Waals surface area contributed by atoms with Crippen LogP contribution in [0.1, 0.15) is 13.3 Å². The van der Waals surface area contributed by atoms with Crippen LogP contribution < -0.4 is 10.6 Å². The Bertz CT molecular complexity index is 847. The lowest BCUT2D eigenvalue weighted by Gasteiger charge is -2.06. The van der Waals surface area contributed by atoms with Crippen molar-refractivity contribution in [3.8, 4) is 10.4 Å². The number of nitrogens with zero attached hydrogens (tertiary/aromatic N) is 2. The maximum atomic E-state index is 10.9. The maximum absolute atomic E-state index is 10.9. The molecule has 0 saturated carbocycles. The van der Waals surface area contributed by atoms with E-state index in [1.54, 1.807) is 17.7 Å². The van der Waals surface area contributed by atoms with E-state index < -0.39 is 0 Å². The minimum absolute atomic E-state index is 0.00294. The summed E-state index contributed by atoms with van der Waals surface area (Å²) < 4.78 is 2.11. The third-order valence-electron chi connectivity index (χ3n) is 3.46. The molecular formula is C17H17BrN4OS. The molecule has 5 nitrogen and oxygen atoms in total. The highest BCUT2D eigenvalue weighted by Crippen LogP contribution is 2.35. The van der Waals surface area contributed by atoms with Crippen molar-refractivity contribution in [1.29, 1.82) is 0 Å². The molecule has 0 fully saturated rings. The van der Waals surface area contributed by atoms with E-state index in [9.17, 15) is 4.79 Å². The first-order valence-electron chi connectivity index (χ1n) is 7.62. The summed E-state index contributed by atoms with van der Waals surface area (Å²) in [6.45, 7) is 2.93. The van der Waals surface area contributed by atoms with Crippen LogP contribution in [0.4, 0.5) is 5.82 Å². The molecule has 1 aromatic carbocycles. The Morgan fingerprint density at radius 1 is 1.21 bits per heavy atom. The lowest BCUT2D eigenvalue weighted by atomic mass is 10.2. The largest absolute Gasteiger partial charge is 0.369 e. The summed E-state index contributed by atoms with van der Waals surface area (Å²) in [5.74, 6) is 0.841. The van der Waals surface area contributed by atoms with Crippen LogP contribution in [-0.4, -0.2) is 29.0 Å². The van der Waals surface area contributed by atoms with Crippen LogP contribution >= 0.6 is 27.3 Å². The third-order valence-corrected chi connectivity index (χ3v) is 5.17. The highest BCUT2D eigenvalue weighted by atomic mass is 79.9. The number of aromatic nitrogens is 2. The summed E-state index contributed by atoms with van der Waals surface area (Å²) in [6, 6.07) is 10.3. The summed E-state index contributed by atoms with van der Waals surface area (Å²) in [5.41, 5.74) is 2.11. The van der Waals surface area contributed by atoms with Gasteiger partial charge in [-0.3, -0.25) is 4.79 Å². The molecule has 0 radical (unpaired) electrons. The van der Waals surface area contributed by atoms with Gasteiger partial charge in [0.05, 0.1) is 10.2 Å². The number of carbonyl (C=O) groups excluding carboxylic acids is 1. The Morgan fingerprint density at radius 2 is 2.00 bits per heavy atom. The maximum Gasteiger partial charge on any atom is 0.216 e. The van der Waals surface area contributed by atoms with Gasteiger partial charge in [-0.25, -0.2) is 9.97 Å². The average Bonchev–Trinajstić information content (AvgIpc) is 3.00. The number of hydrogen-bond acceptors (Lipinski definition) is 5. The van der Waals surface area contributed by atoms with Gasteiger partial charge in [0.1, 0.15) is 12.1 Å². The van der Waals surface area contributed by atoms with Crippen LogP contribution in [0.2, 0.25) is 0 Å². The van der Waals surface area contributed by atoms with E-state index in [0.29, 0.717) is 6.54 Å². The lowest BCUT2D eigenvalue weighted by Crippen LogP contribution is -2.22. The minimum Gasteiger partial charge on any atom is -0.369 e. The molecule has 0 aliphatic carbocycles. The van der Waals surface area contributed by atoms with E-state index in [2.05, 4.69) is 54.7 Å². The number of thiophene rings is 1. The van der Waals surface area contributed by atoms with Crippen LogP contribution in [0, 0.1) is 0 Å². The van der Waals surface area contributed by atoms with Crippen molar-refractivity contribution < 1.29 is 4.79 Å². The van der Waals surface area contributed by atoms with E-state index >= 15 is 0 Å². The summed E-state index contributed by atoms with van der Waals surface area (Å²) >= 11 is 5.14. The van der Waals surface area contributed by atoms with Gasteiger partial charge in [0.2, 0.25) is 5.91 Å². The lowest BCUT2D eigenvalue weighted by molar-refractivity contribution is -0.118. The molecular weight excluding hydrogens is 388 g/mol. The van der Waals surface area contributed by atoms with Crippen LogP contribution in [0.25, 0.3) is 20.7 Å². The SMILES string of the molecule is CC(=O)NCCCNc1ncnc2cc(-c3ccc(Br)cc3)sc12. The standard InChI is InChI=1S/C17H17BrN4OS/c1-11(23)19-7-2-8-20-17-16-14(21-10-22-17)9-15(24-16)12-3-5-13(18)6-4-12/h3-6,9-10H,2,7-8H2,1H3,(H,19,23)(H,20,21,22). The molecule has 0 spiro atoms. The number of nitrogens with one attached hydrogen (secondary N) is 2. The second-order valence-corrected chi connectivity index (χ2v) is 7.29. The van der Waals surface area contributed by atoms with Gasteiger partial charge in [-0.1, -0.05) is 28.1 Å². The second-order valence-electron chi connectivity index (χ2n) is 5.32. The fraction of sp³-hybridized carbons (Fsp3) is 0.235. The van der Waals surface area contributed by atoms with Crippen molar-refractivity contribution in [2.75, 3.05) is 18.4 Å². The van der Waals surface area contributed by atoms with Crippen LogP contribution in [-0.2, 0) is 4.79 Å². The fourth-order valence-corrected chi connectivity index (χ4v) is 3.64. The quantitative estimate of drug-likeness (QED) is 0.607. The number of amides is 1. The Kier molecular flexibility index (Phi) is 5.42. The molecule has 2 heterocycles. The highest BCUT2D eigenvalue weighted by Gasteiger charge is 2.10. The van der Waals surface area contributed by atoms with Crippen molar-refractivity contribution >= 4 is 49.2 Å². The molecule has 0 saturated heterocycles. The Hall–Kier alpha value is -1.99. The molecule has 1 amide bonds. The molecule has 0 unspecified atom stereocenters. The van der Waals surface area contributed by atoms with Gasteiger partial charge >= 0.3 is 0 Å². The molecule has 24 heavy (non-hydrogen) atoms. The predicted molar refractivity (Wildman–Crippen MR) is 102 cm³/mol. The topological polar surface area (TPSA) is 66.9 Å². The van der Waals surface area contributed by atoms with E-state index in [-0.39, 0.29) is 5.91 Å². The smallest absolute Gasteiger partial charge is 0.216 e. The number of benzene rings is 1. The second kappa shape index (κ2) is 7.72. The van der Waals surface area contributed by atoms with Crippen LogP contribution in [0.5, 0.6) is 0 Å². The summed E-state index contributed by atoms with van der Waals surface area (Å²) in [5, 5.41) is 6.12. The number of carbonyl (C=O) groups is 1. The number of rotatable bonds is 6. The van der Waals surface area contributed by atoms with Gasteiger partial charge in [-0.15, -0.1) is 11.3 Å². The first-order valence-corrected chi connectivity index (χ1v) is 9.23. The van der Waals surface area contributed by atoms with Crippen LogP contribution in [0.15, 0.2) is 41.1 Å². The van der Waals surface area contributed by atoms with Crippen molar-refractivity contribution in [1.82, 2.24) is 15.3 Å². The van der Waals surface area contributed by atoms with Gasteiger partial charge in [-0.05, 0) is 30.2 Å². The zero-order valence-corrected chi connectivity index (χ0v) is 15.6. The van der Waals surface area contributed by atoms with Crippen molar-refractivity contribution in [2.24, 2.45) is 0 Å². The molecule has 124 valence electrons. The van der Waals surface area contributed by atoms with E-state index in [1.807, 2.05) is 12.1 Å². The first kappa shape index (κ1) is 16.9. The molecule has 3 aromatic rings. The van der Waals surface area contributed by atoms with E-state index in [4.69, 9.17) is 0 Å². The van der Waals surface area contributed by atoms with Gasteiger partial charge < -0.3 is 10.6 Å². The molecule has 0 aliphatic heterocycles. The van der Waals surface area contributed by atoms with Gasteiger partial charge in [0.15, 0.2) is 0 Å². The van der Waals surface area contributed by atoms with E-state index in [0.717, 1.165) is 39.0 Å². The normalized spacial score (nSPS) is 10.8. The van der Waals surface area contributed by atoms with Crippen LogP contribution in [0.3, 0.4) is 0 Å². The molecule has 0 bridgehead atoms. The zero-order valence-electron chi connectivity index (χ0n) is 13.2. The fourth-order valence-electron chi connectivity index (χ4n) is 2.30. The zero-order chi connectivity index (χ0) is 16.9. The summed E-state index contributed by atoms with van der Waals surface area (Å²) in [6.07, 6.45) is 2.42. The molecule has 2 aromatic heterocycles. The van der Waals surface area contributed by atoms with E-state index in [1.165, 1.54) is 11.8 Å². The average molecular weight is 405 g/mol. The molecule has 0 aliphatic rings. The molecule has 7 heteroatoms. The summed E-state index contributed by atoms with van der Waals surface area (Å²) in [7, 11) is 0. The number of hydrogen-bond donors (Lipinski definition) is 2. The Labute approximate surface area is 152 Å². The number of anilines is 1. The number of halogens is 1. The van der Waals surface area contributed by atoms with Crippen molar-refractivity contribution in [2.45, 2.75) is 13.3 Å². The Balaban J connectivity index is 1.75. The third kappa shape index (κ3) is 4.10. The monoisotopic (exact) mass is 404 g/mol. The van der Waals surface area contributed by atoms with Crippen molar-refractivity contribution in [3.63, 3.8) is 0 Å². The van der Waals surface area contributed by atoms with Gasteiger partial charge in [0.25, 0.3) is 0 Å². The molecule has 3 rings (SSSR count). The Morgan fingerprint density at radius 3 is 2.75 bits per heavy atom. The molecule has 2 N–H and O–H groups in total. The number of fused-ring (bicyclic) bond motifs is 1. The molecule has 0 atom stereocenters.